The molecular weight excluding hydrogens is 430 g/mol. The third-order valence-electron chi connectivity index (χ3n) is 6.05. The van der Waals surface area contributed by atoms with Gasteiger partial charge in [0.05, 0.1) is 23.2 Å². The largest absolute Gasteiger partial charge is 0.462 e. The first-order valence-electron chi connectivity index (χ1n) is 11.5. The molecule has 0 saturated heterocycles. The van der Waals surface area contributed by atoms with Crippen molar-refractivity contribution >= 4 is 39.2 Å². The van der Waals surface area contributed by atoms with Gasteiger partial charge in [-0.3, -0.25) is 13.9 Å². The van der Waals surface area contributed by atoms with Crippen molar-refractivity contribution in [1.29, 1.82) is 0 Å². The second kappa shape index (κ2) is 8.70. The van der Waals surface area contributed by atoms with E-state index in [1.54, 1.807) is 35.2 Å². The fourth-order valence-corrected chi connectivity index (χ4v) is 4.03. The minimum absolute atomic E-state index is 0.00429. The Morgan fingerprint density at radius 1 is 1.00 bits per heavy atom. The first-order valence-corrected chi connectivity index (χ1v) is 11.5. The predicted octanol–water partition coefficient (Wildman–Crippen LogP) is 4.82. The maximum absolute atomic E-state index is 13.5. The van der Waals surface area contributed by atoms with Crippen LogP contribution in [0.3, 0.4) is 0 Å². The molecule has 172 valence electrons. The number of hydrogen-bond acceptors (Lipinski definition) is 6. The fraction of sp³-hybridized carbons (Fsp3) is 0.269. The number of esters is 1. The topological polar surface area (TPSA) is 91.9 Å². The Morgan fingerprint density at radius 3 is 2.38 bits per heavy atom. The van der Waals surface area contributed by atoms with E-state index < -0.39 is 0 Å². The van der Waals surface area contributed by atoms with Gasteiger partial charge in [-0.15, -0.1) is 0 Å². The zero-order chi connectivity index (χ0) is 23.8. The Hall–Kier alpha value is -4.07. The van der Waals surface area contributed by atoms with Crippen molar-refractivity contribution in [2.24, 2.45) is 0 Å². The summed E-state index contributed by atoms with van der Waals surface area (Å²) in [6, 6.07) is 14.6. The maximum Gasteiger partial charge on any atom is 0.338 e. The summed E-state index contributed by atoms with van der Waals surface area (Å²) in [5, 5.41) is 0.433. The van der Waals surface area contributed by atoms with Crippen LogP contribution in [0.1, 0.15) is 50.0 Å². The van der Waals surface area contributed by atoms with E-state index in [4.69, 9.17) is 14.7 Å². The Kier molecular flexibility index (Phi) is 5.57. The molecule has 0 bridgehead atoms. The standard InChI is InChI=1S/C26H25N5O3/c1-4-14-34-26(33)17-10-12-18(13-11-17)31-23-21(25(32)30(15-27-23)16(3)5-2)22-24(31)29-20-9-7-6-8-19(20)28-22/h6-13,15-16H,4-5,14H2,1-3H3. The van der Waals surface area contributed by atoms with Gasteiger partial charge < -0.3 is 4.74 Å². The molecule has 8 heteroatoms. The van der Waals surface area contributed by atoms with E-state index in [-0.39, 0.29) is 17.6 Å². The average molecular weight is 456 g/mol. The molecule has 1 unspecified atom stereocenters. The Bertz CT molecular complexity index is 1580. The number of fused-ring (bicyclic) bond motifs is 4. The van der Waals surface area contributed by atoms with E-state index in [1.807, 2.05) is 49.6 Å². The fourth-order valence-electron chi connectivity index (χ4n) is 4.03. The molecule has 0 N–H and O–H groups in total. The molecule has 34 heavy (non-hydrogen) atoms. The third kappa shape index (κ3) is 3.51. The van der Waals surface area contributed by atoms with Crippen LogP contribution >= 0.6 is 0 Å². The van der Waals surface area contributed by atoms with Gasteiger partial charge in [0.25, 0.3) is 5.56 Å². The minimum atomic E-state index is -0.365. The van der Waals surface area contributed by atoms with E-state index in [1.165, 1.54) is 0 Å². The van der Waals surface area contributed by atoms with Gasteiger partial charge >= 0.3 is 5.97 Å². The SMILES string of the molecule is CCCOC(=O)c1ccc(-n2c3nc4ccccc4nc3c3c(=O)n(C(C)CC)cnc32)cc1. The van der Waals surface area contributed by atoms with Crippen molar-refractivity contribution in [3.05, 3.63) is 70.8 Å². The lowest BCUT2D eigenvalue weighted by atomic mass is 10.2. The zero-order valence-electron chi connectivity index (χ0n) is 19.4. The lowest BCUT2D eigenvalue weighted by molar-refractivity contribution is 0.0505. The molecule has 0 aliphatic rings. The molecule has 5 aromatic rings. The van der Waals surface area contributed by atoms with E-state index in [0.717, 1.165) is 24.0 Å². The summed E-state index contributed by atoms with van der Waals surface area (Å²) in [5.41, 5.74) is 4.01. The number of carbonyl (C=O) groups is 1. The average Bonchev–Trinajstić information content (AvgIpc) is 3.19. The van der Waals surface area contributed by atoms with Crippen molar-refractivity contribution in [3.63, 3.8) is 0 Å². The molecule has 0 aliphatic heterocycles. The summed E-state index contributed by atoms with van der Waals surface area (Å²) >= 11 is 0. The van der Waals surface area contributed by atoms with Crippen molar-refractivity contribution in [1.82, 2.24) is 24.1 Å². The molecule has 0 spiro atoms. The Morgan fingerprint density at radius 2 is 1.71 bits per heavy atom. The highest BCUT2D eigenvalue weighted by atomic mass is 16.5. The van der Waals surface area contributed by atoms with Crippen LogP contribution in [0.2, 0.25) is 0 Å². The molecule has 1 atom stereocenters. The number of para-hydroxylation sites is 2. The summed E-state index contributed by atoms with van der Waals surface area (Å²) in [6.07, 6.45) is 3.15. The van der Waals surface area contributed by atoms with E-state index in [0.29, 0.717) is 39.9 Å². The maximum atomic E-state index is 13.5. The van der Waals surface area contributed by atoms with E-state index in [9.17, 15) is 9.59 Å². The van der Waals surface area contributed by atoms with Crippen LogP contribution in [0.25, 0.3) is 38.9 Å². The van der Waals surface area contributed by atoms with Gasteiger partial charge in [-0.05, 0) is 56.2 Å². The molecule has 5 rings (SSSR count). The first-order chi connectivity index (χ1) is 16.5. The molecule has 8 nitrogen and oxygen atoms in total. The number of rotatable bonds is 6. The molecule has 0 radical (unpaired) electrons. The predicted molar refractivity (Wildman–Crippen MR) is 132 cm³/mol. The Labute approximate surface area is 195 Å². The summed E-state index contributed by atoms with van der Waals surface area (Å²) in [4.78, 5) is 40.1. The van der Waals surface area contributed by atoms with Crippen LogP contribution in [-0.2, 0) is 4.74 Å². The number of ether oxygens (including phenoxy) is 1. The number of hydrogen-bond donors (Lipinski definition) is 0. The summed E-state index contributed by atoms with van der Waals surface area (Å²) < 4.78 is 8.71. The normalized spacial score (nSPS) is 12.4. The Balaban J connectivity index is 1.78. The summed E-state index contributed by atoms with van der Waals surface area (Å²) in [5.74, 6) is -0.365. The highest BCUT2D eigenvalue weighted by molar-refractivity contribution is 6.05. The van der Waals surface area contributed by atoms with E-state index in [2.05, 4.69) is 4.98 Å². The molecule has 0 fully saturated rings. The lowest BCUT2D eigenvalue weighted by Gasteiger charge is -2.12. The van der Waals surface area contributed by atoms with E-state index >= 15 is 0 Å². The molecule has 0 saturated carbocycles. The number of nitrogens with zero attached hydrogens (tertiary/aromatic N) is 5. The highest BCUT2D eigenvalue weighted by Gasteiger charge is 2.22. The quantitative estimate of drug-likeness (QED) is 0.341. The van der Waals surface area contributed by atoms with Crippen LogP contribution in [0.4, 0.5) is 0 Å². The second-order valence-corrected chi connectivity index (χ2v) is 8.32. The van der Waals surface area contributed by atoms with Crippen molar-refractivity contribution in [2.45, 2.75) is 39.7 Å². The summed E-state index contributed by atoms with van der Waals surface area (Å²) in [7, 11) is 0. The molecule has 0 aliphatic carbocycles. The highest BCUT2D eigenvalue weighted by Crippen LogP contribution is 2.28. The van der Waals surface area contributed by atoms with Crippen LogP contribution in [0.15, 0.2) is 59.7 Å². The molecule has 3 heterocycles. The monoisotopic (exact) mass is 455 g/mol. The van der Waals surface area contributed by atoms with Gasteiger partial charge in [-0.25, -0.2) is 19.7 Å². The zero-order valence-corrected chi connectivity index (χ0v) is 19.4. The number of aromatic nitrogens is 5. The van der Waals surface area contributed by atoms with Crippen LogP contribution in [-0.4, -0.2) is 36.7 Å². The minimum Gasteiger partial charge on any atom is -0.462 e. The van der Waals surface area contributed by atoms with Gasteiger partial charge in [0.1, 0.15) is 17.2 Å². The van der Waals surface area contributed by atoms with Crippen molar-refractivity contribution in [3.8, 4) is 5.69 Å². The van der Waals surface area contributed by atoms with Gasteiger partial charge in [-0.2, -0.15) is 0 Å². The van der Waals surface area contributed by atoms with Crippen molar-refractivity contribution in [2.75, 3.05) is 6.61 Å². The van der Waals surface area contributed by atoms with Crippen molar-refractivity contribution < 1.29 is 9.53 Å². The number of benzene rings is 2. The van der Waals surface area contributed by atoms with Gasteiger partial charge in [0.15, 0.2) is 11.3 Å². The van der Waals surface area contributed by atoms with Gasteiger partial charge in [0.2, 0.25) is 0 Å². The smallest absolute Gasteiger partial charge is 0.338 e. The molecular formula is C26H25N5O3. The first kappa shape index (κ1) is 21.8. The molecule has 2 aromatic carbocycles. The third-order valence-corrected chi connectivity index (χ3v) is 6.05. The van der Waals surface area contributed by atoms with Gasteiger partial charge in [0, 0.05) is 11.7 Å². The van der Waals surface area contributed by atoms with Crippen LogP contribution in [0, 0.1) is 0 Å². The second-order valence-electron chi connectivity index (χ2n) is 8.32. The lowest BCUT2D eigenvalue weighted by Crippen LogP contribution is -2.23. The van der Waals surface area contributed by atoms with Gasteiger partial charge in [-0.1, -0.05) is 26.0 Å². The molecule has 3 aromatic heterocycles. The van der Waals surface area contributed by atoms with Crippen LogP contribution in [0.5, 0.6) is 0 Å². The molecule has 0 amide bonds. The van der Waals surface area contributed by atoms with Crippen LogP contribution < -0.4 is 5.56 Å². The summed E-state index contributed by atoms with van der Waals surface area (Å²) in [6.45, 7) is 6.35. The number of carbonyl (C=O) groups excluding carboxylic acids is 1.